The zero-order valence-electron chi connectivity index (χ0n) is 8.94. The van der Waals surface area contributed by atoms with Crippen LogP contribution in [0.25, 0.3) is 0 Å². The van der Waals surface area contributed by atoms with Crippen LogP contribution in [0.1, 0.15) is 25.7 Å². The van der Waals surface area contributed by atoms with E-state index in [1.165, 1.54) is 0 Å². The van der Waals surface area contributed by atoms with Crippen molar-refractivity contribution in [2.24, 2.45) is 5.92 Å². The van der Waals surface area contributed by atoms with Gasteiger partial charge in [-0.15, -0.1) is 0 Å². The molecule has 0 radical (unpaired) electrons. The Morgan fingerprint density at radius 3 is 2.67 bits per heavy atom. The van der Waals surface area contributed by atoms with Gasteiger partial charge in [0.1, 0.15) is 0 Å². The maximum Gasteiger partial charge on any atom is 0.391 e. The van der Waals surface area contributed by atoms with Crippen molar-refractivity contribution in [2.75, 3.05) is 18.6 Å². The van der Waals surface area contributed by atoms with Crippen molar-refractivity contribution >= 4 is 11.8 Å². The van der Waals surface area contributed by atoms with Crippen molar-refractivity contribution in [2.45, 2.75) is 37.9 Å². The molecule has 0 aliphatic heterocycles. The molecule has 1 rings (SSSR count). The molecular formula is C10H18F3NS. The molecule has 2 unspecified atom stereocenters. The Bertz CT molecular complexity index is 184. The average Bonchev–Trinajstić information content (AvgIpc) is 2.17. The van der Waals surface area contributed by atoms with Gasteiger partial charge in [-0.25, -0.2) is 0 Å². The van der Waals surface area contributed by atoms with E-state index < -0.39 is 12.1 Å². The number of halogens is 3. The van der Waals surface area contributed by atoms with Crippen LogP contribution in [-0.2, 0) is 0 Å². The molecule has 0 aromatic rings. The van der Waals surface area contributed by atoms with Crippen LogP contribution in [0.2, 0.25) is 0 Å². The Morgan fingerprint density at radius 1 is 1.33 bits per heavy atom. The number of nitrogens with one attached hydrogen (secondary N) is 1. The van der Waals surface area contributed by atoms with E-state index in [9.17, 15) is 13.2 Å². The van der Waals surface area contributed by atoms with Crippen LogP contribution in [0.15, 0.2) is 0 Å². The van der Waals surface area contributed by atoms with Gasteiger partial charge in [0, 0.05) is 18.3 Å². The lowest BCUT2D eigenvalue weighted by atomic mass is 9.85. The molecule has 15 heavy (non-hydrogen) atoms. The Morgan fingerprint density at radius 2 is 2.07 bits per heavy atom. The second-order valence-electron chi connectivity index (χ2n) is 4.05. The topological polar surface area (TPSA) is 12.0 Å². The Kier molecular flexibility index (Phi) is 5.26. The molecule has 90 valence electrons. The average molecular weight is 241 g/mol. The predicted molar refractivity (Wildman–Crippen MR) is 58.2 cm³/mol. The van der Waals surface area contributed by atoms with Crippen molar-refractivity contribution in [3.05, 3.63) is 0 Å². The normalized spacial score (nSPS) is 28.0. The van der Waals surface area contributed by atoms with Gasteiger partial charge in [-0.3, -0.25) is 0 Å². The second-order valence-corrected chi connectivity index (χ2v) is 5.03. The van der Waals surface area contributed by atoms with E-state index in [-0.39, 0.29) is 12.5 Å². The molecule has 0 aromatic carbocycles. The van der Waals surface area contributed by atoms with Gasteiger partial charge in [-0.1, -0.05) is 6.42 Å². The van der Waals surface area contributed by atoms with E-state index in [1.807, 2.05) is 6.26 Å². The quantitative estimate of drug-likeness (QED) is 0.759. The van der Waals surface area contributed by atoms with Gasteiger partial charge in [0.15, 0.2) is 0 Å². The van der Waals surface area contributed by atoms with Crippen LogP contribution in [0.4, 0.5) is 13.2 Å². The Labute approximate surface area is 93.2 Å². The first kappa shape index (κ1) is 13.2. The molecule has 1 saturated carbocycles. The lowest BCUT2D eigenvalue weighted by Gasteiger charge is -2.31. The second kappa shape index (κ2) is 5.99. The van der Waals surface area contributed by atoms with Gasteiger partial charge >= 0.3 is 6.18 Å². The summed E-state index contributed by atoms with van der Waals surface area (Å²) in [5, 5.41) is 3.20. The van der Waals surface area contributed by atoms with Gasteiger partial charge < -0.3 is 5.32 Å². The molecule has 1 fully saturated rings. The highest BCUT2D eigenvalue weighted by atomic mass is 32.2. The molecular weight excluding hydrogens is 223 g/mol. The summed E-state index contributed by atoms with van der Waals surface area (Å²) in [4.78, 5) is 0. The number of hydrogen-bond acceptors (Lipinski definition) is 2. The molecule has 1 aliphatic rings. The lowest BCUT2D eigenvalue weighted by molar-refractivity contribution is -0.183. The van der Waals surface area contributed by atoms with Gasteiger partial charge in [-0.2, -0.15) is 24.9 Å². The molecule has 1 nitrogen and oxygen atoms in total. The smallest absolute Gasteiger partial charge is 0.313 e. The highest BCUT2D eigenvalue weighted by molar-refractivity contribution is 7.98. The first-order valence-electron chi connectivity index (χ1n) is 5.33. The molecule has 0 aromatic heterocycles. The highest BCUT2D eigenvalue weighted by Crippen LogP contribution is 2.37. The molecule has 0 bridgehead atoms. The zero-order chi connectivity index (χ0) is 11.3. The Hall–Kier alpha value is 0.100. The van der Waals surface area contributed by atoms with E-state index in [0.717, 1.165) is 18.7 Å². The molecule has 0 spiro atoms. The Balaban J connectivity index is 2.29. The summed E-state index contributed by atoms with van der Waals surface area (Å²) < 4.78 is 37.4. The first-order valence-corrected chi connectivity index (χ1v) is 6.72. The third-order valence-corrected chi connectivity index (χ3v) is 3.49. The first-order chi connectivity index (χ1) is 7.04. The van der Waals surface area contributed by atoms with Crippen molar-refractivity contribution in [3.8, 4) is 0 Å². The van der Waals surface area contributed by atoms with Crippen LogP contribution in [0, 0.1) is 5.92 Å². The minimum Gasteiger partial charge on any atom is -0.313 e. The van der Waals surface area contributed by atoms with Gasteiger partial charge in [-0.05, 0) is 25.5 Å². The van der Waals surface area contributed by atoms with Crippen LogP contribution in [-0.4, -0.2) is 30.8 Å². The third-order valence-electron chi connectivity index (χ3n) is 2.88. The fourth-order valence-electron chi connectivity index (χ4n) is 2.04. The van der Waals surface area contributed by atoms with Gasteiger partial charge in [0.05, 0.1) is 5.92 Å². The monoisotopic (exact) mass is 241 g/mol. The molecule has 2 atom stereocenters. The number of hydrogen-bond donors (Lipinski definition) is 1. The third kappa shape index (κ3) is 4.64. The zero-order valence-corrected chi connectivity index (χ0v) is 9.76. The van der Waals surface area contributed by atoms with E-state index in [0.29, 0.717) is 12.8 Å². The SMILES string of the molecule is CSCCNC1CCCC(C(F)(F)F)C1. The summed E-state index contributed by atoms with van der Waals surface area (Å²) in [7, 11) is 0. The van der Waals surface area contributed by atoms with E-state index >= 15 is 0 Å². The summed E-state index contributed by atoms with van der Waals surface area (Å²) in [5.41, 5.74) is 0. The van der Waals surface area contributed by atoms with E-state index in [2.05, 4.69) is 5.32 Å². The standard InChI is InChI=1S/C10H18F3NS/c1-15-6-5-14-9-4-2-3-8(7-9)10(11,12)13/h8-9,14H,2-7H2,1H3. The van der Waals surface area contributed by atoms with Gasteiger partial charge in [0.2, 0.25) is 0 Å². The van der Waals surface area contributed by atoms with Crippen molar-refractivity contribution in [1.29, 1.82) is 0 Å². The summed E-state index contributed by atoms with van der Waals surface area (Å²) in [6.07, 6.45) is 0.158. The van der Waals surface area contributed by atoms with E-state index in [1.54, 1.807) is 11.8 Å². The van der Waals surface area contributed by atoms with Crippen LogP contribution < -0.4 is 5.32 Å². The fraction of sp³-hybridized carbons (Fsp3) is 1.00. The largest absolute Gasteiger partial charge is 0.391 e. The number of rotatable bonds is 4. The molecule has 5 heteroatoms. The molecule has 1 aliphatic carbocycles. The van der Waals surface area contributed by atoms with Gasteiger partial charge in [0.25, 0.3) is 0 Å². The summed E-state index contributed by atoms with van der Waals surface area (Å²) in [6.45, 7) is 0.816. The van der Waals surface area contributed by atoms with Crippen LogP contribution in [0.5, 0.6) is 0 Å². The molecule has 1 N–H and O–H groups in total. The molecule has 0 amide bonds. The lowest BCUT2D eigenvalue weighted by Crippen LogP contribution is -2.39. The minimum absolute atomic E-state index is 0.0672. The minimum atomic E-state index is -4.00. The number of thioether (sulfide) groups is 1. The molecule has 0 heterocycles. The summed E-state index contributed by atoms with van der Waals surface area (Å²) in [6, 6.07) is 0.0672. The predicted octanol–water partition coefficient (Wildman–Crippen LogP) is 3.06. The van der Waals surface area contributed by atoms with Crippen molar-refractivity contribution < 1.29 is 13.2 Å². The van der Waals surface area contributed by atoms with Crippen molar-refractivity contribution in [3.63, 3.8) is 0 Å². The maximum atomic E-state index is 12.5. The number of alkyl halides is 3. The van der Waals surface area contributed by atoms with Crippen molar-refractivity contribution in [1.82, 2.24) is 5.32 Å². The summed E-state index contributed by atoms with van der Waals surface area (Å²) >= 11 is 1.71. The van der Waals surface area contributed by atoms with Crippen LogP contribution >= 0.6 is 11.8 Å². The molecule has 0 saturated heterocycles. The van der Waals surface area contributed by atoms with E-state index in [4.69, 9.17) is 0 Å². The fourth-order valence-corrected chi connectivity index (χ4v) is 2.36. The maximum absolute atomic E-state index is 12.5. The highest BCUT2D eigenvalue weighted by Gasteiger charge is 2.41. The summed E-state index contributed by atoms with van der Waals surface area (Å²) in [5.74, 6) is -0.120. The van der Waals surface area contributed by atoms with Crippen LogP contribution in [0.3, 0.4) is 0 Å².